The Morgan fingerprint density at radius 2 is 1.79 bits per heavy atom. The molecule has 8 heteroatoms. The zero-order valence-corrected chi connectivity index (χ0v) is 15.9. The van der Waals surface area contributed by atoms with Crippen molar-refractivity contribution >= 4 is 17.7 Å². The number of carbonyl (C=O) groups is 2. The van der Waals surface area contributed by atoms with Crippen LogP contribution in [-0.4, -0.2) is 35.5 Å². The second-order valence-corrected chi connectivity index (χ2v) is 6.15. The van der Waals surface area contributed by atoms with E-state index in [1.165, 1.54) is 11.6 Å². The zero-order valence-electron chi connectivity index (χ0n) is 15.9. The van der Waals surface area contributed by atoms with Gasteiger partial charge in [0.1, 0.15) is 18.5 Å². The van der Waals surface area contributed by atoms with Gasteiger partial charge in [-0.05, 0) is 29.8 Å². The van der Waals surface area contributed by atoms with Gasteiger partial charge in [-0.3, -0.25) is 15.3 Å². The molecule has 2 aromatic carbocycles. The van der Waals surface area contributed by atoms with Crippen LogP contribution in [0.25, 0.3) is 0 Å². The molecule has 0 aliphatic rings. The lowest BCUT2D eigenvalue weighted by atomic mass is 9.96. The summed E-state index contributed by atoms with van der Waals surface area (Å²) in [6.07, 6.45) is 1.35. The first-order chi connectivity index (χ1) is 14.0. The van der Waals surface area contributed by atoms with Crippen molar-refractivity contribution in [1.29, 1.82) is 0 Å². The molecule has 2 rings (SSSR count). The molecule has 2 amide bonds. The Morgan fingerprint density at radius 3 is 2.41 bits per heavy atom. The zero-order chi connectivity index (χ0) is 21.1. The highest BCUT2D eigenvalue weighted by molar-refractivity contribution is 5.86. The number of benzene rings is 2. The molecule has 0 heterocycles. The van der Waals surface area contributed by atoms with Gasteiger partial charge in [0.05, 0.1) is 6.61 Å². The second-order valence-electron chi connectivity index (χ2n) is 6.15. The average molecular weight is 400 g/mol. The SMILES string of the molecule is C[C@@H](/C=C/C(=O)NO)[C@@H](OC(=O)Nc1ccccc1)c1ccc(OCCO)cc1. The number of hydrogen-bond donors (Lipinski definition) is 4. The lowest BCUT2D eigenvalue weighted by Crippen LogP contribution is -2.22. The molecule has 0 unspecified atom stereocenters. The van der Waals surface area contributed by atoms with Crippen molar-refractivity contribution < 1.29 is 29.4 Å². The number of carbonyl (C=O) groups excluding carboxylic acids is 2. The van der Waals surface area contributed by atoms with Crippen LogP contribution >= 0.6 is 0 Å². The molecule has 154 valence electrons. The van der Waals surface area contributed by atoms with Crippen molar-refractivity contribution in [3.8, 4) is 5.75 Å². The molecule has 2 aromatic rings. The van der Waals surface area contributed by atoms with E-state index < -0.39 is 18.1 Å². The summed E-state index contributed by atoms with van der Waals surface area (Å²) in [5.41, 5.74) is 2.79. The highest BCUT2D eigenvalue weighted by Crippen LogP contribution is 2.29. The van der Waals surface area contributed by atoms with Gasteiger partial charge in [0, 0.05) is 17.7 Å². The molecule has 0 aliphatic carbocycles. The van der Waals surface area contributed by atoms with E-state index in [1.54, 1.807) is 55.5 Å². The summed E-state index contributed by atoms with van der Waals surface area (Å²) >= 11 is 0. The fourth-order valence-electron chi connectivity index (χ4n) is 2.56. The molecule has 0 aromatic heterocycles. The van der Waals surface area contributed by atoms with Crippen LogP contribution in [0.1, 0.15) is 18.6 Å². The Kier molecular flexibility index (Phi) is 8.68. The molecule has 0 spiro atoms. The predicted molar refractivity (Wildman–Crippen MR) is 107 cm³/mol. The number of aliphatic hydroxyl groups excluding tert-OH is 1. The number of para-hydroxylation sites is 1. The van der Waals surface area contributed by atoms with E-state index in [-0.39, 0.29) is 19.1 Å². The van der Waals surface area contributed by atoms with Gasteiger partial charge in [-0.15, -0.1) is 0 Å². The fraction of sp³-hybridized carbons (Fsp3) is 0.238. The molecule has 29 heavy (non-hydrogen) atoms. The molecule has 0 aliphatic heterocycles. The van der Waals surface area contributed by atoms with Gasteiger partial charge in [-0.25, -0.2) is 10.3 Å². The van der Waals surface area contributed by atoms with Gasteiger partial charge < -0.3 is 14.6 Å². The van der Waals surface area contributed by atoms with Crippen LogP contribution in [0, 0.1) is 5.92 Å². The molecule has 0 fully saturated rings. The molecular formula is C21H24N2O6. The number of rotatable bonds is 9. The van der Waals surface area contributed by atoms with Crippen LogP contribution in [0.4, 0.5) is 10.5 Å². The third kappa shape index (κ3) is 7.28. The van der Waals surface area contributed by atoms with Crippen molar-refractivity contribution in [2.24, 2.45) is 5.92 Å². The van der Waals surface area contributed by atoms with E-state index in [4.69, 9.17) is 19.8 Å². The first-order valence-electron chi connectivity index (χ1n) is 9.02. The van der Waals surface area contributed by atoms with E-state index in [9.17, 15) is 9.59 Å². The Balaban J connectivity index is 2.17. The predicted octanol–water partition coefficient (Wildman–Crippen LogP) is 3.05. The van der Waals surface area contributed by atoms with Gasteiger partial charge >= 0.3 is 6.09 Å². The van der Waals surface area contributed by atoms with Crippen molar-refractivity contribution in [1.82, 2.24) is 5.48 Å². The third-order valence-electron chi connectivity index (χ3n) is 3.96. The number of hydrogen-bond acceptors (Lipinski definition) is 6. The van der Waals surface area contributed by atoms with E-state index in [0.29, 0.717) is 17.0 Å². The fourth-order valence-corrected chi connectivity index (χ4v) is 2.56. The Morgan fingerprint density at radius 1 is 1.10 bits per heavy atom. The molecular weight excluding hydrogens is 376 g/mol. The summed E-state index contributed by atoms with van der Waals surface area (Å²) in [7, 11) is 0. The number of ether oxygens (including phenoxy) is 2. The molecule has 8 nitrogen and oxygen atoms in total. The van der Waals surface area contributed by atoms with E-state index in [1.807, 2.05) is 6.07 Å². The number of nitrogens with one attached hydrogen (secondary N) is 2. The van der Waals surface area contributed by atoms with Gasteiger partial charge in [-0.1, -0.05) is 43.3 Å². The Bertz CT molecular complexity index is 808. The summed E-state index contributed by atoms with van der Waals surface area (Å²) in [6, 6.07) is 15.8. The Labute approximate surface area is 168 Å². The molecule has 0 bridgehead atoms. The summed E-state index contributed by atoms with van der Waals surface area (Å²) in [5, 5.41) is 20.1. The van der Waals surface area contributed by atoms with Gasteiger partial charge in [0.25, 0.3) is 5.91 Å². The largest absolute Gasteiger partial charge is 0.491 e. The lowest BCUT2D eigenvalue weighted by Gasteiger charge is -2.23. The third-order valence-corrected chi connectivity index (χ3v) is 3.96. The minimum Gasteiger partial charge on any atom is -0.491 e. The normalized spacial score (nSPS) is 12.8. The summed E-state index contributed by atoms with van der Waals surface area (Å²) in [4.78, 5) is 23.7. The lowest BCUT2D eigenvalue weighted by molar-refractivity contribution is -0.124. The second kappa shape index (κ2) is 11.5. The maximum atomic E-state index is 12.4. The monoisotopic (exact) mass is 400 g/mol. The van der Waals surface area contributed by atoms with Crippen LogP contribution in [0.5, 0.6) is 5.75 Å². The molecule has 2 atom stereocenters. The highest BCUT2D eigenvalue weighted by atomic mass is 16.6. The molecule has 0 saturated carbocycles. The van der Waals surface area contributed by atoms with Crippen LogP contribution in [0.3, 0.4) is 0 Å². The van der Waals surface area contributed by atoms with Crippen LogP contribution in [0.2, 0.25) is 0 Å². The van der Waals surface area contributed by atoms with Gasteiger partial charge in [0.2, 0.25) is 0 Å². The van der Waals surface area contributed by atoms with E-state index in [0.717, 1.165) is 6.08 Å². The minimum absolute atomic E-state index is 0.0953. The van der Waals surface area contributed by atoms with Crippen LogP contribution in [-0.2, 0) is 9.53 Å². The quantitative estimate of drug-likeness (QED) is 0.292. The number of hydroxylamine groups is 1. The van der Waals surface area contributed by atoms with Crippen molar-refractivity contribution in [2.45, 2.75) is 13.0 Å². The van der Waals surface area contributed by atoms with E-state index >= 15 is 0 Å². The first kappa shape index (κ1) is 21.9. The Hall–Kier alpha value is -3.36. The van der Waals surface area contributed by atoms with Gasteiger partial charge in [-0.2, -0.15) is 0 Å². The molecule has 0 radical (unpaired) electrons. The average Bonchev–Trinajstić information content (AvgIpc) is 2.75. The van der Waals surface area contributed by atoms with Crippen molar-refractivity contribution in [3.05, 3.63) is 72.3 Å². The number of aliphatic hydroxyl groups is 1. The van der Waals surface area contributed by atoms with Crippen LogP contribution in [0.15, 0.2) is 66.7 Å². The summed E-state index contributed by atoms with van der Waals surface area (Å²) in [6.45, 7) is 1.86. The number of anilines is 1. The van der Waals surface area contributed by atoms with Gasteiger partial charge in [0.15, 0.2) is 0 Å². The smallest absolute Gasteiger partial charge is 0.412 e. The standard InChI is InChI=1S/C21H24N2O6/c1-15(7-12-19(25)23-27)20(16-8-10-18(11-9-16)28-14-13-24)29-21(26)22-17-5-3-2-4-6-17/h2-12,15,20,24,27H,13-14H2,1H3,(H,22,26)(H,23,25)/b12-7+/t15-,20+/m0/s1. The maximum Gasteiger partial charge on any atom is 0.412 e. The molecule has 4 N–H and O–H groups in total. The minimum atomic E-state index is -0.701. The van der Waals surface area contributed by atoms with Crippen molar-refractivity contribution in [2.75, 3.05) is 18.5 Å². The topological polar surface area (TPSA) is 117 Å². The summed E-state index contributed by atoms with van der Waals surface area (Å²) < 4.78 is 11.0. The van der Waals surface area contributed by atoms with Crippen LogP contribution < -0.4 is 15.5 Å². The number of amides is 2. The summed E-state index contributed by atoms with van der Waals surface area (Å²) in [5.74, 6) is -0.492. The maximum absolute atomic E-state index is 12.4. The van der Waals surface area contributed by atoms with E-state index in [2.05, 4.69) is 5.32 Å². The first-order valence-corrected chi connectivity index (χ1v) is 9.02. The highest BCUT2D eigenvalue weighted by Gasteiger charge is 2.22. The molecule has 0 saturated heterocycles. The van der Waals surface area contributed by atoms with Crippen molar-refractivity contribution in [3.63, 3.8) is 0 Å².